The standard InChI is InChI=1S/C19H25N5O/c1-14-6-7-18(21-20-14)23-10-8-15(9-11-23)13-24-19(25)12-16-4-2-3-5-17(16)22-24/h6-7,12,15H,2-5,8-11,13H2,1H3. The summed E-state index contributed by atoms with van der Waals surface area (Å²) in [5.74, 6) is 1.45. The van der Waals surface area contributed by atoms with E-state index in [1.54, 1.807) is 4.68 Å². The van der Waals surface area contributed by atoms with Crippen molar-refractivity contribution in [1.29, 1.82) is 0 Å². The van der Waals surface area contributed by atoms with Crippen molar-refractivity contribution >= 4 is 5.82 Å². The van der Waals surface area contributed by atoms with Crippen molar-refractivity contribution in [1.82, 2.24) is 20.0 Å². The number of aromatic nitrogens is 4. The summed E-state index contributed by atoms with van der Waals surface area (Å²) in [4.78, 5) is 14.6. The normalized spacial score (nSPS) is 18.2. The van der Waals surface area contributed by atoms with Crippen LogP contribution in [-0.4, -0.2) is 33.1 Å². The summed E-state index contributed by atoms with van der Waals surface area (Å²) in [6, 6.07) is 5.86. The van der Waals surface area contributed by atoms with Crippen LogP contribution in [0.1, 0.15) is 42.6 Å². The van der Waals surface area contributed by atoms with Gasteiger partial charge in [-0.2, -0.15) is 10.2 Å². The summed E-state index contributed by atoms with van der Waals surface area (Å²) in [5.41, 5.74) is 3.31. The maximum absolute atomic E-state index is 12.4. The van der Waals surface area contributed by atoms with E-state index in [-0.39, 0.29) is 5.56 Å². The van der Waals surface area contributed by atoms with Crippen molar-refractivity contribution in [3.8, 4) is 0 Å². The van der Waals surface area contributed by atoms with Crippen LogP contribution in [0.5, 0.6) is 0 Å². The first kappa shape index (κ1) is 16.2. The van der Waals surface area contributed by atoms with Crippen molar-refractivity contribution in [3.05, 3.63) is 45.5 Å². The van der Waals surface area contributed by atoms with Crippen LogP contribution in [0.25, 0.3) is 0 Å². The number of hydrogen-bond acceptors (Lipinski definition) is 5. The van der Waals surface area contributed by atoms with Gasteiger partial charge in [0.2, 0.25) is 0 Å². The average Bonchev–Trinajstić information content (AvgIpc) is 2.64. The average molecular weight is 339 g/mol. The van der Waals surface area contributed by atoms with Gasteiger partial charge < -0.3 is 4.90 Å². The summed E-state index contributed by atoms with van der Waals surface area (Å²) >= 11 is 0. The minimum absolute atomic E-state index is 0.0625. The molecule has 0 bridgehead atoms. The molecular formula is C19H25N5O. The van der Waals surface area contributed by atoms with Gasteiger partial charge in [-0.25, -0.2) is 4.68 Å². The predicted octanol–water partition coefficient (Wildman–Crippen LogP) is 2.14. The highest BCUT2D eigenvalue weighted by atomic mass is 16.1. The molecule has 6 nitrogen and oxygen atoms in total. The molecule has 0 radical (unpaired) electrons. The summed E-state index contributed by atoms with van der Waals surface area (Å²) in [6.07, 6.45) is 6.50. The highest BCUT2D eigenvalue weighted by Gasteiger charge is 2.22. The maximum atomic E-state index is 12.4. The van der Waals surface area contributed by atoms with Gasteiger partial charge in [-0.3, -0.25) is 4.79 Å². The zero-order chi connectivity index (χ0) is 17.2. The van der Waals surface area contributed by atoms with E-state index in [1.165, 1.54) is 18.4 Å². The van der Waals surface area contributed by atoms with Crippen LogP contribution in [0.2, 0.25) is 0 Å². The quantitative estimate of drug-likeness (QED) is 0.857. The molecule has 2 aliphatic rings. The van der Waals surface area contributed by atoms with Gasteiger partial charge in [0.05, 0.1) is 11.4 Å². The molecule has 0 atom stereocenters. The lowest BCUT2D eigenvalue weighted by Crippen LogP contribution is -2.37. The molecule has 132 valence electrons. The molecule has 3 heterocycles. The van der Waals surface area contributed by atoms with Gasteiger partial charge in [0.25, 0.3) is 5.56 Å². The van der Waals surface area contributed by atoms with E-state index < -0.39 is 0 Å². The topological polar surface area (TPSA) is 63.9 Å². The van der Waals surface area contributed by atoms with Crippen LogP contribution in [-0.2, 0) is 19.4 Å². The van der Waals surface area contributed by atoms with Gasteiger partial charge in [0.15, 0.2) is 5.82 Å². The lowest BCUT2D eigenvalue weighted by atomic mass is 9.96. The lowest BCUT2D eigenvalue weighted by Gasteiger charge is -2.32. The molecule has 4 rings (SSSR count). The number of hydrogen-bond donors (Lipinski definition) is 0. The number of fused-ring (bicyclic) bond motifs is 1. The van der Waals surface area contributed by atoms with Crippen molar-refractivity contribution in [2.45, 2.75) is 52.0 Å². The predicted molar refractivity (Wildman–Crippen MR) is 96.8 cm³/mol. The molecule has 0 aromatic carbocycles. The van der Waals surface area contributed by atoms with Gasteiger partial charge in [-0.15, -0.1) is 5.10 Å². The number of anilines is 1. The van der Waals surface area contributed by atoms with Gasteiger partial charge in [0.1, 0.15) is 0 Å². The van der Waals surface area contributed by atoms with Gasteiger partial charge in [-0.05, 0) is 69.1 Å². The molecule has 0 N–H and O–H groups in total. The van der Waals surface area contributed by atoms with Crippen molar-refractivity contribution < 1.29 is 0 Å². The van der Waals surface area contributed by atoms with E-state index in [1.807, 2.05) is 25.1 Å². The molecular weight excluding hydrogens is 314 g/mol. The fourth-order valence-corrected chi connectivity index (χ4v) is 3.88. The molecule has 6 heteroatoms. The van der Waals surface area contributed by atoms with E-state index in [9.17, 15) is 4.79 Å². The lowest BCUT2D eigenvalue weighted by molar-refractivity contribution is 0.331. The van der Waals surface area contributed by atoms with E-state index in [2.05, 4.69) is 20.2 Å². The zero-order valence-electron chi connectivity index (χ0n) is 14.8. The number of piperidine rings is 1. The van der Waals surface area contributed by atoms with Gasteiger partial charge >= 0.3 is 0 Å². The Bertz CT molecular complexity index is 790. The third-order valence-electron chi connectivity index (χ3n) is 5.43. The van der Waals surface area contributed by atoms with E-state index in [0.29, 0.717) is 5.92 Å². The highest BCUT2D eigenvalue weighted by molar-refractivity contribution is 5.37. The molecule has 1 fully saturated rings. The molecule has 2 aromatic rings. The second-order valence-corrected chi connectivity index (χ2v) is 7.31. The van der Waals surface area contributed by atoms with Crippen LogP contribution >= 0.6 is 0 Å². The van der Waals surface area contributed by atoms with E-state index in [0.717, 1.165) is 62.5 Å². The second kappa shape index (κ2) is 6.94. The summed E-state index contributed by atoms with van der Waals surface area (Å²) in [5, 5.41) is 13.1. The van der Waals surface area contributed by atoms with Crippen LogP contribution < -0.4 is 10.5 Å². The molecule has 25 heavy (non-hydrogen) atoms. The largest absolute Gasteiger partial charge is 0.355 e. The Kier molecular flexibility index (Phi) is 4.51. The third kappa shape index (κ3) is 3.57. The molecule has 0 spiro atoms. The monoisotopic (exact) mass is 339 g/mol. The second-order valence-electron chi connectivity index (χ2n) is 7.31. The molecule has 1 saturated heterocycles. The first-order chi connectivity index (χ1) is 12.2. The Morgan fingerprint density at radius 3 is 2.68 bits per heavy atom. The first-order valence-electron chi connectivity index (χ1n) is 9.34. The van der Waals surface area contributed by atoms with Crippen LogP contribution in [0.15, 0.2) is 23.0 Å². The Morgan fingerprint density at radius 1 is 1.12 bits per heavy atom. The molecule has 0 saturated carbocycles. The van der Waals surface area contributed by atoms with Crippen LogP contribution in [0.3, 0.4) is 0 Å². The Balaban J connectivity index is 1.40. The molecule has 0 amide bonds. The fourth-order valence-electron chi connectivity index (χ4n) is 3.88. The van der Waals surface area contributed by atoms with Gasteiger partial charge in [-0.1, -0.05) is 0 Å². The Hall–Kier alpha value is -2.24. The minimum atomic E-state index is 0.0625. The first-order valence-corrected chi connectivity index (χ1v) is 9.34. The van der Waals surface area contributed by atoms with Gasteiger partial charge in [0, 0.05) is 25.7 Å². The molecule has 2 aromatic heterocycles. The Morgan fingerprint density at radius 2 is 1.92 bits per heavy atom. The fraction of sp³-hybridized carbons (Fsp3) is 0.579. The smallest absolute Gasteiger partial charge is 0.267 e. The molecule has 1 aliphatic heterocycles. The molecule has 0 unspecified atom stereocenters. The van der Waals surface area contributed by atoms with Crippen LogP contribution in [0, 0.1) is 12.8 Å². The number of rotatable bonds is 3. The maximum Gasteiger partial charge on any atom is 0.267 e. The summed E-state index contributed by atoms with van der Waals surface area (Å²) in [6.45, 7) is 4.61. The number of aryl methyl sites for hydroxylation is 3. The van der Waals surface area contributed by atoms with E-state index in [4.69, 9.17) is 0 Å². The third-order valence-corrected chi connectivity index (χ3v) is 5.43. The SMILES string of the molecule is Cc1ccc(N2CCC(Cn3nc4c(cc3=O)CCCC4)CC2)nn1. The highest BCUT2D eigenvalue weighted by Crippen LogP contribution is 2.23. The van der Waals surface area contributed by atoms with Crippen molar-refractivity contribution in [3.63, 3.8) is 0 Å². The summed E-state index contributed by atoms with van der Waals surface area (Å²) in [7, 11) is 0. The summed E-state index contributed by atoms with van der Waals surface area (Å²) < 4.78 is 1.70. The Labute approximate surface area is 147 Å². The zero-order valence-corrected chi connectivity index (χ0v) is 14.8. The van der Waals surface area contributed by atoms with Crippen molar-refractivity contribution in [2.24, 2.45) is 5.92 Å². The van der Waals surface area contributed by atoms with Crippen LogP contribution in [0.4, 0.5) is 5.82 Å². The minimum Gasteiger partial charge on any atom is -0.355 e. The van der Waals surface area contributed by atoms with E-state index >= 15 is 0 Å². The number of nitrogens with zero attached hydrogens (tertiary/aromatic N) is 5. The van der Waals surface area contributed by atoms with Crippen molar-refractivity contribution in [2.75, 3.05) is 18.0 Å². The molecule has 1 aliphatic carbocycles.